The number of carbonyl (C=O) groups excluding carboxylic acids is 1. The normalized spacial score (nSPS) is 21.5. The van der Waals surface area contributed by atoms with Crippen LogP contribution in [0.3, 0.4) is 0 Å². The summed E-state index contributed by atoms with van der Waals surface area (Å²) in [5, 5.41) is 8.52. The summed E-state index contributed by atoms with van der Waals surface area (Å²) >= 11 is 0. The predicted molar refractivity (Wildman–Crippen MR) is 82.2 cm³/mol. The summed E-state index contributed by atoms with van der Waals surface area (Å²) in [7, 11) is 0. The molecule has 1 aliphatic carbocycles. The van der Waals surface area contributed by atoms with Gasteiger partial charge in [0.25, 0.3) is 0 Å². The maximum atomic E-state index is 12.7. The van der Waals surface area contributed by atoms with Crippen LogP contribution in [0.4, 0.5) is 0 Å². The number of fused-ring (bicyclic) bond motifs is 1. The van der Waals surface area contributed by atoms with Gasteiger partial charge in [0.1, 0.15) is 12.4 Å². The molecule has 0 radical (unpaired) electrons. The van der Waals surface area contributed by atoms with E-state index in [0.717, 1.165) is 49.4 Å². The van der Waals surface area contributed by atoms with E-state index in [1.807, 2.05) is 11.8 Å². The Morgan fingerprint density at radius 1 is 1.41 bits per heavy atom. The Balaban J connectivity index is 1.74. The molecule has 3 rings (SSSR count). The first-order valence-corrected chi connectivity index (χ1v) is 8.19. The van der Waals surface area contributed by atoms with Gasteiger partial charge >= 0.3 is 0 Å². The minimum atomic E-state index is 0.152. The first-order chi connectivity index (χ1) is 10.7. The lowest BCUT2D eigenvalue weighted by molar-refractivity contribution is -0.129. The topological polar surface area (TPSA) is 60.3 Å². The molecule has 0 fully saturated rings. The van der Waals surface area contributed by atoms with E-state index >= 15 is 0 Å². The minimum absolute atomic E-state index is 0.152. The number of hydrogen-bond acceptors (Lipinski definition) is 4. The molecular formula is C16H24N4O2. The monoisotopic (exact) mass is 304 g/mol. The third-order valence-corrected chi connectivity index (χ3v) is 4.49. The lowest BCUT2D eigenvalue weighted by atomic mass is 10.1. The van der Waals surface area contributed by atoms with Gasteiger partial charge in [-0.3, -0.25) is 4.79 Å². The van der Waals surface area contributed by atoms with Gasteiger partial charge in [0.05, 0.1) is 0 Å². The molecule has 1 atom stereocenters. The predicted octanol–water partition coefficient (Wildman–Crippen LogP) is 1.70. The molecule has 0 bridgehead atoms. The van der Waals surface area contributed by atoms with Crippen LogP contribution in [0.25, 0.3) is 0 Å². The van der Waals surface area contributed by atoms with E-state index in [0.29, 0.717) is 19.8 Å². The zero-order valence-electron chi connectivity index (χ0n) is 13.4. The summed E-state index contributed by atoms with van der Waals surface area (Å²) < 4.78 is 7.57. The third kappa shape index (κ3) is 2.92. The van der Waals surface area contributed by atoms with Crippen LogP contribution in [0, 0.1) is 0 Å². The minimum Gasteiger partial charge on any atom is -0.374 e. The Labute approximate surface area is 131 Å². The Bertz CT molecular complexity index is 579. The second kappa shape index (κ2) is 6.60. The summed E-state index contributed by atoms with van der Waals surface area (Å²) in [5.41, 5.74) is 0.985. The fourth-order valence-electron chi connectivity index (χ4n) is 3.24. The molecule has 2 aliphatic rings. The van der Waals surface area contributed by atoms with Crippen molar-refractivity contribution in [1.29, 1.82) is 0 Å². The molecule has 6 heteroatoms. The molecule has 1 unspecified atom stereocenters. The lowest BCUT2D eigenvalue weighted by Crippen LogP contribution is -2.40. The molecule has 0 spiro atoms. The highest BCUT2D eigenvalue weighted by Crippen LogP contribution is 2.23. The highest BCUT2D eigenvalue weighted by atomic mass is 16.5. The molecule has 6 nitrogen and oxygen atoms in total. The SMILES string of the molecule is CCOCc1nnc2n1CCN(C(=O)C1=CCCC1)C(C)C2. The van der Waals surface area contributed by atoms with Gasteiger partial charge in [-0.25, -0.2) is 0 Å². The summed E-state index contributed by atoms with van der Waals surface area (Å²) in [5.74, 6) is 2.02. The van der Waals surface area contributed by atoms with E-state index in [-0.39, 0.29) is 11.9 Å². The van der Waals surface area contributed by atoms with Crippen molar-refractivity contribution in [2.45, 2.75) is 58.7 Å². The van der Waals surface area contributed by atoms with Crippen molar-refractivity contribution in [3.05, 3.63) is 23.3 Å². The smallest absolute Gasteiger partial charge is 0.249 e. The molecule has 2 heterocycles. The van der Waals surface area contributed by atoms with Crippen LogP contribution in [0.2, 0.25) is 0 Å². The van der Waals surface area contributed by atoms with E-state index in [4.69, 9.17) is 4.74 Å². The molecule has 0 saturated carbocycles. The first kappa shape index (κ1) is 15.2. The second-order valence-electron chi connectivity index (χ2n) is 5.99. The number of nitrogens with zero attached hydrogens (tertiary/aromatic N) is 4. The van der Waals surface area contributed by atoms with Crippen LogP contribution >= 0.6 is 0 Å². The van der Waals surface area contributed by atoms with Crippen LogP contribution in [0.5, 0.6) is 0 Å². The van der Waals surface area contributed by atoms with Crippen LogP contribution in [-0.4, -0.2) is 44.8 Å². The lowest BCUT2D eigenvalue weighted by Gasteiger charge is -2.27. The molecule has 1 amide bonds. The van der Waals surface area contributed by atoms with Crippen molar-refractivity contribution in [2.75, 3.05) is 13.2 Å². The van der Waals surface area contributed by atoms with Gasteiger partial charge in [0.15, 0.2) is 5.82 Å². The Hall–Kier alpha value is -1.69. The van der Waals surface area contributed by atoms with E-state index < -0.39 is 0 Å². The highest BCUT2D eigenvalue weighted by Gasteiger charge is 2.29. The number of aromatic nitrogens is 3. The van der Waals surface area contributed by atoms with Crippen molar-refractivity contribution < 1.29 is 9.53 Å². The fourth-order valence-corrected chi connectivity index (χ4v) is 3.24. The average molecular weight is 304 g/mol. The molecule has 0 aromatic carbocycles. The third-order valence-electron chi connectivity index (χ3n) is 4.49. The molecule has 0 saturated heterocycles. The Morgan fingerprint density at radius 3 is 3.00 bits per heavy atom. The van der Waals surface area contributed by atoms with E-state index in [9.17, 15) is 4.79 Å². The standard InChI is InChI=1S/C16H24N4O2/c1-3-22-11-15-18-17-14-10-12(2)19(8-9-20(14)15)16(21)13-6-4-5-7-13/h6,12H,3-5,7-11H2,1-2H3. The Morgan fingerprint density at radius 2 is 2.27 bits per heavy atom. The molecule has 22 heavy (non-hydrogen) atoms. The summed E-state index contributed by atoms with van der Waals surface area (Å²) in [6.45, 7) is 6.67. The number of carbonyl (C=O) groups is 1. The summed E-state index contributed by atoms with van der Waals surface area (Å²) in [6.07, 6.45) is 5.91. The van der Waals surface area contributed by atoms with Crippen LogP contribution in [0.15, 0.2) is 11.6 Å². The number of ether oxygens (including phenoxy) is 1. The van der Waals surface area contributed by atoms with Crippen molar-refractivity contribution in [2.24, 2.45) is 0 Å². The summed E-state index contributed by atoms with van der Waals surface area (Å²) in [4.78, 5) is 14.7. The molecule has 1 aliphatic heterocycles. The van der Waals surface area contributed by atoms with Gasteiger partial charge in [-0.2, -0.15) is 0 Å². The second-order valence-corrected chi connectivity index (χ2v) is 5.99. The molecule has 0 N–H and O–H groups in total. The van der Waals surface area contributed by atoms with Gasteiger partial charge in [0.2, 0.25) is 5.91 Å². The molecule has 120 valence electrons. The largest absolute Gasteiger partial charge is 0.374 e. The maximum Gasteiger partial charge on any atom is 0.249 e. The molecule has 1 aromatic heterocycles. The van der Waals surface area contributed by atoms with Gasteiger partial charge in [-0.05, 0) is 33.1 Å². The number of hydrogen-bond donors (Lipinski definition) is 0. The van der Waals surface area contributed by atoms with Gasteiger partial charge in [-0.1, -0.05) is 6.08 Å². The Kier molecular flexibility index (Phi) is 4.57. The van der Waals surface area contributed by atoms with Crippen LogP contribution in [0.1, 0.15) is 44.8 Å². The van der Waals surface area contributed by atoms with Crippen LogP contribution in [-0.2, 0) is 29.1 Å². The number of allylic oxidation sites excluding steroid dienone is 1. The van der Waals surface area contributed by atoms with E-state index in [1.165, 1.54) is 0 Å². The van der Waals surface area contributed by atoms with Crippen molar-refractivity contribution in [1.82, 2.24) is 19.7 Å². The van der Waals surface area contributed by atoms with Crippen molar-refractivity contribution in [3.8, 4) is 0 Å². The number of rotatable bonds is 4. The highest BCUT2D eigenvalue weighted by molar-refractivity contribution is 5.94. The zero-order chi connectivity index (χ0) is 15.5. The van der Waals surface area contributed by atoms with Gasteiger partial charge in [-0.15, -0.1) is 10.2 Å². The maximum absolute atomic E-state index is 12.7. The van der Waals surface area contributed by atoms with Gasteiger partial charge < -0.3 is 14.2 Å². The quantitative estimate of drug-likeness (QED) is 0.849. The first-order valence-electron chi connectivity index (χ1n) is 8.19. The zero-order valence-corrected chi connectivity index (χ0v) is 13.4. The number of amides is 1. The molecule has 1 aromatic rings. The van der Waals surface area contributed by atoms with Crippen molar-refractivity contribution >= 4 is 5.91 Å². The average Bonchev–Trinajstić information content (AvgIpc) is 3.13. The summed E-state index contributed by atoms with van der Waals surface area (Å²) in [6, 6.07) is 0.152. The van der Waals surface area contributed by atoms with Gasteiger partial charge in [0, 0.05) is 37.7 Å². The fraction of sp³-hybridized carbons (Fsp3) is 0.688. The molecular weight excluding hydrogens is 280 g/mol. The van der Waals surface area contributed by atoms with E-state index in [2.05, 4.69) is 27.8 Å². The van der Waals surface area contributed by atoms with E-state index in [1.54, 1.807) is 0 Å². The van der Waals surface area contributed by atoms with Crippen LogP contribution < -0.4 is 0 Å². The van der Waals surface area contributed by atoms with Crippen molar-refractivity contribution in [3.63, 3.8) is 0 Å².